The van der Waals surface area contributed by atoms with E-state index in [1.165, 1.54) is 11.0 Å². The van der Waals surface area contributed by atoms with Crippen LogP contribution in [0.5, 0.6) is 0 Å². The molecule has 1 aromatic carbocycles. The Morgan fingerprint density at radius 2 is 2.10 bits per heavy atom. The van der Waals surface area contributed by atoms with E-state index >= 15 is 0 Å². The predicted molar refractivity (Wildman–Crippen MR) is 75.6 cm³/mol. The molecule has 0 unspecified atom stereocenters. The van der Waals surface area contributed by atoms with E-state index in [0.29, 0.717) is 17.7 Å². The summed E-state index contributed by atoms with van der Waals surface area (Å²) < 4.78 is 13.7. The summed E-state index contributed by atoms with van der Waals surface area (Å²) in [6.07, 6.45) is -0.281. The molecule has 0 aromatic heterocycles. The third-order valence-corrected chi connectivity index (χ3v) is 4.06. The van der Waals surface area contributed by atoms with Crippen LogP contribution in [-0.2, 0) is 9.63 Å². The lowest BCUT2D eigenvalue weighted by Gasteiger charge is -2.31. The molecular formula is C15H19FN3O2+. The molecule has 0 aliphatic carbocycles. The predicted octanol–water partition coefficient (Wildman–Crippen LogP) is -0.324. The molecule has 6 heteroatoms. The van der Waals surface area contributed by atoms with Crippen LogP contribution in [-0.4, -0.2) is 55.8 Å². The number of halogens is 1. The second-order valence-corrected chi connectivity index (χ2v) is 5.60. The zero-order valence-corrected chi connectivity index (χ0v) is 12.0. The van der Waals surface area contributed by atoms with E-state index in [1.807, 2.05) is 4.90 Å². The van der Waals surface area contributed by atoms with Crippen molar-refractivity contribution in [2.45, 2.75) is 12.5 Å². The van der Waals surface area contributed by atoms with E-state index in [9.17, 15) is 9.18 Å². The zero-order valence-electron chi connectivity index (χ0n) is 12.0. The van der Waals surface area contributed by atoms with Crippen molar-refractivity contribution in [2.75, 3.05) is 33.2 Å². The van der Waals surface area contributed by atoms with Gasteiger partial charge in [0.2, 0.25) is 6.10 Å². The smallest absolute Gasteiger partial charge is 0.267 e. The third-order valence-electron chi connectivity index (χ3n) is 4.06. The average Bonchev–Trinajstić information content (AvgIpc) is 2.97. The maximum atomic E-state index is 13.7. The van der Waals surface area contributed by atoms with E-state index in [4.69, 9.17) is 4.84 Å². The Labute approximate surface area is 123 Å². The maximum absolute atomic E-state index is 13.7. The number of rotatable bonds is 2. The minimum absolute atomic E-state index is 0.0439. The summed E-state index contributed by atoms with van der Waals surface area (Å²) in [4.78, 5) is 20.9. The van der Waals surface area contributed by atoms with E-state index in [-0.39, 0.29) is 11.7 Å². The van der Waals surface area contributed by atoms with Crippen LogP contribution in [0.4, 0.5) is 4.39 Å². The van der Waals surface area contributed by atoms with Gasteiger partial charge in [0, 0.05) is 12.0 Å². The highest BCUT2D eigenvalue weighted by Crippen LogP contribution is 2.20. The van der Waals surface area contributed by atoms with Crippen molar-refractivity contribution in [2.24, 2.45) is 5.16 Å². The van der Waals surface area contributed by atoms with Gasteiger partial charge in [-0.3, -0.25) is 4.79 Å². The fourth-order valence-corrected chi connectivity index (χ4v) is 2.68. The summed E-state index contributed by atoms with van der Waals surface area (Å²) in [5, 5.41) is 3.90. The van der Waals surface area contributed by atoms with Gasteiger partial charge < -0.3 is 14.6 Å². The van der Waals surface area contributed by atoms with Crippen molar-refractivity contribution >= 4 is 11.6 Å². The minimum atomic E-state index is -0.613. The number of amides is 1. The third kappa shape index (κ3) is 2.90. The molecule has 1 amide bonds. The fourth-order valence-electron chi connectivity index (χ4n) is 2.68. The van der Waals surface area contributed by atoms with Crippen LogP contribution in [0.2, 0.25) is 0 Å². The van der Waals surface area contributed by atoms with Gasteiger partial charge in [-0.1, -0.05) is 23.4 Å². The summed E-state index contributed by atoms with van der Waals surface area (Å²) in [7, 11) is 2.12. The summed E-state index contributed by atoms with van der Waals surface area (Å²) >= 11 is 0. The first-order valence-electron chi connectivity index (χ1n) is 7.23. The van der Waals surface area contributed by atoms with E-state index in [2.05, 4.69) is 12.2 Å². The summed E-state index contributed by atoms with van der Waals surface area (Å²) in [5.41, 5.74) is 0.918. The van der Waals surface area contributed by atoms with Crippen molar-refractivity contribution < 1.29 is 18.9 Å². The monoisotopic (exact) mass is 292 g/mol. The molecule has 3 rings (SSSR count). The van der Waals surface area contributed by atoms with Gasteiger partial charge in [0.05, 0.1) is 38.9 Å². The van der Waals surface area contributed by atoms with Crippen LogP contribution < -0.4 is 4.90 Å². The first-order chi connectivity index (χ1) is 10.1. The highest BCUT2D eigenvalue weighted by molar-refractivity contribution is 6.04. The second-order valence-electron chi connectivity index (χ2n) is 5.60. The lowest BCUT2D eigenvalue weighted by Crippen LogP contribution is -3.12. The topological polar surface area (TPSA) is 46.3 Å². The largest absolute Gasteiger partial charge is 0.382 e. The molecule has 2 aliphatic heterocycles. The number of hydrogen-bond donors (Lipinski definition) is 1. The van der Waals surface area contributed by atoms with E-state index in [0.717, 1.165) is 26.2 Å². The number of piperazine rings is 1. The van der Waals surface area contributed by atoms with Gasteiger partial charge >= 0.3 is 0 Å². The van der Waals surface area contributed by atoms with Crippen LogP contribution in [0.15, 0.2) is 29.4 Å². The van der Waals surface area contributed by atoms with Gasteiger partial charge in [0.25, 0.3) is 5.91 Å². The number of likely N-dealkylation sites (N-methyl/N-ethyl adjacent to an activating group) is 1. The molecule has 1 fully saturated rings. The number of quaternary nitrogens is 1. The maximum Gasteiger partial charge on any atom is 0.267 e. The van der Waals surface area contributed by atoms with Crippen LogP contribution >= 0.6 is 0 Å². The molecule has 0 bridgehead atoms. The van der Waals surface area contributed by atoms with E-state index in [1.54, 1.807) is 18.2 Å². The zero-order chi connectivity index (χ0) is 14.8. The number of carbonyl (C=O) groups excluding carboxylic acids is 1. The molecule has 1 atom stereocenters. The first kappa shape index (κ1) is 14.0. The van der Waals surface area contributed by atoms with Crippen molar-refractivity contribution in [3.05, 3.63) is 35.6 Å². The van der Waals surface area contributed by atoms with Crippen LogP contribution in [0.25, 0.3) is 0 Å². The molecule has 1 aromatic rings. The number of benzene rings is 1. The van der Waals surface area contributed by atoms with Crippen LogP contribution in [0.1, 0.15) is 12.0 Å². The number of hydrogen-bond acceptors (Lipinski definition) is 3. The van der Waals surface area contributed by atoms with Gasteiger partial charge in [-0.05, 0) is 6.07 Å². The Hall–Kier alpha value is -1.95. The molecule has 21 heavy (non-hydrogen) atoms. The fraction of sp³-hybridized carbons (Fsp3) is 0.467. The standard InChI is InChI=1S/C15H18FN3O2/c1-18-6-8-19(9-7-18)15(20)14-10-13(17-21-14)11-4-2-3-5-12(11)16/h2-5,14H,6-10H2,1H3/p+1/t14-/m1/s1. The molecule has 112 valence electrons. The molecule has 0 radical (unpaired) electrons. The van der Waals surface area contributed by atoms with Gasteiger partial charge in [0.1, 0.15) is 5.82 Å². The number of nitrogens with zero attached hydrogens (tertiary/aromatic N) is 2. The SMILES string of the molecule is C[NH+]1CCN(C(=O)[C@H]2CC(c3ccccc3F)=NO2)CC1. The van der Waals surface area contributed by atoms with E-state index < -0.39 is 6.10 Å². The Morgan fingerprint density at radius 1 is 1.38 bits per heavy atom. The highest BCUT2D eigenvalue weighted by Gasteiger charge is 2.34. The average molecular weight is 292 g/mol. The van der Waals surface area contributed by atoms with Crippen LogP contribution in [0, 0.1) is 5.82 Å². The number of carbonyl (C=O) groups is 1. The summed E-state index contributed by atoms with van der Waals surface area (Å²) in [6, 6.07) is 6.42. The second kappa shape index (κ2) is 5.81. The molecule has 1 N–H and O–H groups in total. The summed E-state index contributed by atoms with van der Waals surface area (Å²) in [5.74, 6) is -0.381. The lowest BCUT2D eigenvalue weighted by atomic mass is 10.0. The Bertz CT molecular complexity index is 568. The Balaban J connectivity index is 1.64. The summed E-state index contributed by atoms with van der Waals surface area (Å²) in [6.45, 7) is 3.36. The van der Waals surface area contributed by atoms with Gasteiger partial charge in [-0.25, -0.2) is 4.39 Å². The Morgan fingerprint density at radius 3 is 2.81 bits per heavy atom. The molecule has 5 nitrogen and oxygen atoms in total. The first-order valence-corrected chi connectivity index (χ1v) is 7.23. The minimum Gasteiger partial charge on any atom is -0.382 e. The molecular weight excluding hydrogens is 273 g/mol. The van der Waals surface area contributed by atoms with Crippen molar-refractivity contribution in [3.63, 3.8) is 0 Å². The lowest BCUT2D eigenvalue weighted by molar-refractivity contribution is -0.883. The quantitative estimate of drug-likeness (QED) is 0.812. The molecule has 1 saturated heterocycles. The molecule has 0 saturated carbocycles. The molecule has 2 heterocycles. The van der Waals surface area contributed by atoms with Gasteiger partial charge in [0.15, 0.2) is 0 Å². The highest BCUT2D eigenvalue weighted by atomic mass is 19.1. The number of oxime groups is 1. The van der Waals surface area contributed by atoms with Crippen molar-refractivity contribution in [3.8, 4) is 0 Å². The van der Waals surface area contributed by atoms with Gasteiger partial charge in [-0.15, -0.1) is 0 Å². The molecule has 2 aliphatic rings. The molecule has 0 spiro atoms. The Kier molecular flexibility index (Phi) is 3.88. The normalized spacial score (nSPS) is 22.9. The van der Waals surface area contributed by atoms with Crippen molar-refractivity contribution in [1.82, 2.24) is 4.90 Å². The van der Waals surface area contributed by atoms with Crippen molar-refractivity contribution in [1.29, 1.82) is 0 Å². The van der Waals surface area contributed by atoms with Crippen LogP contribution in [0.3, 0.4) is 0 Å². The van der Waals surface area contributed by atoms with Gasteiger partial charge in [-0.2, -0.15) is 0 Å². The number of nitrogens with one attached hydrogen (secondary N) is 1.